The van der Waals surface area contributed by atoms with Gasteiger partial charge in [0.25, 0.3) is 5.91 Å². The molecule has 0 radical (unpaired) electrons. The number of rotatable bonds is 8. The number of ether oxygens (including phenoxy) is 1. The SMILES string of the molecule is COc1ccc(C2CC(c3ccccc3)=NN2C(=O)CSc2nnc(Cc3ccccc3)n2C)cc1. The number of amides is 1. The summed E-state index contributed by atoms with van der Waals surface area (Å²) >= 11 is 1.38. The van der Waals surface area contributed by atoms with E-state index in [1.54, 1.807) is 12.1 Å². The van der Waals surface area contributed by atoms with Crippen LogP contribution in [0.5, 0.6) is 5.75 Å². The van der Waals surface area contributed by atoms with Gasteiger partial charge in [0.1, 0.15) is 11.6 Å². The number of hydrogen-bond acceptors (Lipinski definition) is 6. The van der Waals surface area contributed by atoms with E-state index in [0.717, 1.165) is 28.4 Å². The van der Waals surface area contributed by atoms with Crippen LogP contribution < -0.4 is 4.74 Å². The molecule has 8 heteroatoms. The number of thioether (sulfide) groups is 1. The van der Waals surface area contributed by atoms with Crippen LogP contribution in [0.4, 0.5) is 0 Å². The van der Waals surface area contributed by atoms with Crippen molar-refractivity contribution in [1.82, 2.24) is 19.8 Å². The molecule has 4 aromatic rings. The van der Waals surface area contributed by atoms with Gasteiger partial charge in [0, 0.05) is 19.9 Å². The topological polar surface area (TPSA) is 72.6 Å². The van der Waals surface area contributed by atoms with Crippen LogP contribution in [-0.2, 0) is 18.3 Å². The molecule has 1 unspecified atom stereocenters. The quantitative estimate of drug-likeness (QED) is 0.324. The standard InChI is InChI=1S/C28H27N5O2S/c1-32-26(17-20-9-5-3-6-10-20)29-30-28(32)36-19-27(34)33-25(22-13-15-23(35-2)16-14-22)18-24(31-33)21-11-7-4-8-12-21/h3-16,25H,17-19H2,1-2H3. The van der Waals surface area contributed by atoms with Crippen LogP contribution in [0.25, 0.3) is 0 Å². The third-order valence-electron chi connectivity index (χ3n) is 6.23. The molecule has 1 aromatic heterocycles. The predicted octanol–water partition coefficient (Wildman–Crippen LogP) is 4.88. The predicted molar refractivity (Wildman–Crippen MR) is 141 cm³/mol. The number of carbonyl (C=O) groups excluding carboxylic acids is 1. The molecule has 2 heterocycles. The van der Waals surface area contributed by atoms with Crippen molar-refractivity contribution in [2.45, 2.75) is 24.0 Å². The number of hydrogen-bond donors (Lipinski definition) is 0. The van der Waals surface area contributed by atoms with E-state index in [4.69, 9.17) is 9.84 Å². The molecule has 0 N–H and O–H groups in total. The van der Waals surface area contributed by atoms with Gasteiger partial charge >= 0.3 is 0 Å². The van der Waals surface area contributed by atoms with Crippen molar-refractivity contribution in [2.24, 2.45) is 12.1 Å². The number of methoxy groups -OCH3 is 1. The first kappa shape index (κ1) is 23.8. The molecule has 0 bridgehead atoms. The largest absolute Gasteiger partial charge is 0.497 e. The zero-order valence-corrected chi connectivity index (χ0v) is 21.1. The zero-order chi connectivity index (χ0) is 24.9. The lowest BCUT2D eigenvalue weighted by Gasteiger charge is -2.22. The summed E-state index contributed by atoms with van der Waals surface area (Å²) in [7, 11) is 3.58. The van der Waals surface area contributed by atoms with Crippen LogP contribution in [0.15, 0.2) is 95.2 Å². The van der Waals surface area contributed by atoms with Crippen molar-refractivity contribution in [3.63, 3.8) is 0 Å². The first-order valence-electron chi connectivity index (χ1n) is 11.8. The summed E-state index contributed by atoms with van der Waals surface area (Å²) in [6.07, 6.45) is 1.34. The van der Waals surface area contributed by atoms with Gasteiger partial charge in [0.05, 0.1) is 24.6 Å². The molecule has 1 aliphatic rings. The van der Waals surface area contributed by atoms with E-state index in [-0.39, 0.29) is 17.7 Å². The zero-order valence-electron chi connectivity index (χ0n) is 20.2. The summed E-state index contributed by atoms with van der Waals surface area (Å²) in [5.41, 5.74) is 4.12. The van der Waals surface area contributed by atoms with E-state index < -0.39 is 0 Å². The van der Waals surface area contributed by atoms with Gasteiger partial charge in [-0.3, -0.25) is 4.79 Å². The number of carbonyl (C=O) groups is 1. The van der Waals surface area contributed by atoms with Crippen molar-refractivity contribution in [1.29, 1.82) is 0 Å². The lowest BCUT2D eigenvalue weighted by Crippen LogP contribution is -2.28. The summed E-state index contributed by atoms with van der Waals surface area (Å²) in [5, 5.41) is 15.8. The molecule has 0 fully saturated rings. The van der Waals surface area contributed by atoms with Crippen LogP contribution >= 0.6 is 11.8 Å². The van der Waals surface area contributed by atoms with Gasteiger partial charge in [0.2, 0.25) is 0 Å². The highest BCUT2D eigenvalue weighted by Gasteiger charge is 2.33. The molecule has 0 saturated heterocycles. The molecule has 1 atom stereocenters. The van der Waals surface area contributed by atoms with Crippen LogP contribution in [0, 0.1) is 0 Å². The molecule has 5 rings (SSSR count). The Bertz CT molecular complexity index is 1350. The van der Waals surface area contributed by atoms with Crippen molar-refractivity contribution >= 4 is 23.4 Å². The average Bonchev–Trinajstić information content (AvgIpc) is 3.53. The normalized spacial score (nSPS) is 15.1. The van der Waals surface area contributed by atoms with E-state index in [0.29, 0.717) is 18.0 Å². The highest BCUT2D eigenvalue weighted by Crippen LogP contribution is 2.34. The van der Waals surface area contributed by atoms with Gasteiger partial charge in [-0.05, 0) is 28.8 Å². The fourth-order valence-electron chi connectivity index (χ4n) is 4.23. The fraction of sp³-hybridized carbons (Fsp3) is 0.214. The Hall–Kier alpha value is -3.91. The molecule has 7 nitrogen and oxygen atoms in total. The molecule has 1 amide bonds. The number of benzene rings is 3. The Morgan fingerprint density at radius 1 is 0.972 bits per heavy atom. The van der Waals surface area contributed by atoms with E-state index >= 15 is 0 Å². The Morgan fingerprint density at radius 3 is 2.36 bits per heavy atom. The average molecular weight is 498 g/mol. The summed E-state index contributed by atoms with van der Waals surface area (Å²) in [6.45, 7) is 0. The Morgan fingerprint density at radius 2 is 1.67 bits per heavy atom. The van der Waals surface area contributed by atoms with Crippen LogP contribution in [0.1, 0.15) is 35.0 Å². The molecular formula is C28H27N5O2S. The van der Waals surface area contributed by atoms with Gasteiger partial charge in [-0.1, -0.05) is 84.6 Å². The van der Waals surface area contributed by atoms with E-state index in [2.05, 4.69) is 22.3 Å². The monoisotopic (exact) mass is 497 g/mol. The highest BCUT2D eigenvalue weighted by atomic mass is 32.2. The second-order valence-corrected chi connectivity index (χ2v) is 9.50. The van der Waals surface area contributed by atoms with Gasteiger partial charge in [0.15, 0.2) is 5.16 Å². The first-order chi connectivity index (χ1) is 17.6. The molecule has 36 heavy (non-hydrogen) atoms. The lowest BCUT2D eigenvalue weighted by atomic mass is 9.98. The Kier molecular flexibility index (Phi) is 7.13. The second-order valence-electron chi connectivity index (χ2n) is 8.55. The number of aromatic nitrogens is 3. The maximum Gasteiger partial charge on any atom is 0.253 e. The maximum atomic E-state index is 13.4. The van der Waals surface area contributed by atoms with Crippen LogP contribution in [0.2, 0.25) is 0 Å². The Labute approximate surface area is 214 Å². The van der Waals surface area contributed by atoms with E-state index in [9.17, 15) is 4.79 Å². The molecule has 0 aliphatic carbocycles. The number of nitrogens with zero attached hydrogens (tertiary/aromatic N) is 5. The van der Waals surface area contributed by atoms with Gasteiger partial charge in [-0.15, -0.1) is 10.2 Å². The van der Waals surface area contributed by atoms with Crippen LogP contribution in [-0.4, -0.2) is 44.3 Å². The molecule has 0 saturated carbocycles. The van der Waals surface area contributed by atoms with Gasteiger partial charge in [-0.25, -0.2) is 5.01 Å². The third-order valence-corrected chi connectivity index (χ3v) is 7.23. The van der Waals surface area contributed by atoms with Crippen molar-refractivity contribution in [2.75, 3.05) is 12.9 Å². The van der Waals surface area contributed by atoms with Gasteiger partial charge in [-0.2, -0.15) is 5.10 Å². The Balaban J connectivity index is 1.33. The highest BCUT2D eigenvalue weighted by molar-refractivity contribution is 7.99. The fourth-order valence-corrected chi connectivity index (χ4v) is 5.01. The second kappa shape index (κ2) is 10.8. The van der Waals surface area contributed by atoms with E-state index in [1.807, 2.05) is 84.4 Å². The van der Waals surface area contributed by atoms with E-state index in [1.165, 1.54) is 17.3 Å². The molecule has 1 aliphatic heterocycles. The third kappa shape index (κ3) is 5.18. The molecule has 182 valence electrons. The molecular weight excluding hydrogens is 470 g/mol. The molecule has 3 aromatic carbocycles. The summed E-state index contributed by atoms with van der Waals surface area (Å²) in [6, 6.07) is 27.8. The summed E-state index contributed by atoms with van der Waals surface area (Å²) in [5.74, 6) is 1.79. The van der Waals surface area contributed by atoms with Crippen molar-refractivity contribution in [3.05, 3.63) is 107 Å². The first-order valence-corrected chi connectivity index (χ1v) is 12.7. The van der Waals surface area contributed by atoms with Crippen molar-refractivity contribution < 1.29 is 9.53 Å². The minimum Gasteiger partial charge on any atom is -0.497 e. The van der Waals surface area contributed by atoms with Gasteiger partial charge < -0.3 is 9.30 Å². The number of hydrazone groups is 1. The minimum absolute atomic E-state index is 0.0700. The smallest absolute Gasteiger partial charge is 0.253 e. The summed E-state index contributed by atoms with van der Waals surface area (Å²) in [4.78, 5) is 13.4. The molecule has 0 spiro atoms. The van der Waals surface area contributed by atoms with Crippen LogP contribution in [0.3, 0.4) is 0 Å². The maximum absolute atomic E-state index is 13.4. The minimum atomic E-state index is -0.174. The summed E-state index contributed by atoms with van der Waals surface area (Å²) < 4.78 is 7.26. The lowest BCUT2D eigenvalue weighted by molar-refractivity contribution is -0.130. The van der Waals surface area contributed by atoms with Crippen molar-refractivity contribution in [3.8, 4) is 5.75 Å².